The van der Waals surface area contributed by atoms with E-state index in [1.807, 2.05) is 30.3 Å². The Kier molecular flexibility index (Phi) is 4.42. The van der Waals surface area contributed by atoms with E-state index in [1.54, 1.807) is 0 Å². The molecule has 4 atom stereocenters. The van der Waals surface area contributed by atoms with Crippen molar-refractivity contribution in [3.63, 3.8) is 0 Å². The number of aliphatic hydroxyl groups is 1. The molecule has 2 aliphatic rings. The zero-order chi connectivity index (χ0) is 13.9. The summed E-state index contributed by atoms with van der Waals surface area (Å²) in [7, 11) is 0. The molecule has 1 aromatic carbocycles. The van der Waals surface area contributed by atoms with Crippen LogP contribution in [0.25, 0.3) is 0 Å². The van der Waals surface area contributed by atoms with Crippen LogP contribution in [0.4, 0.5) is 0 Å². The molecule has 1 aromatic rings. The molecule has 0 amide bonds. The van der Waals surface area contributed by atoms with Crippen molar-refractivity contribution in [2.75, 3.05) is 6.54 Å². The van der Waals surface area contributed by atoms with Gasteiger partial charge in [-0.25, -0.2) is 0 Å². The molecule has 110 valence electrons. The lowest BCUT2D eigenvalue weighted by Gasteiger charge is -2.48. The minimum atomic E-state index is -0.364. The van der Waals surface area contributed by atoms with Gasteiger partial charge in [-0.05, 0) is 50.6 Å². The van der Waals surface area contributed by atoms with Crippen molar-refractivity contribution >= 4 is 0 Å². The number of piperidine rings is 1. The molecule has 1 aliphatic heterocycles. The van der Waals surface area contributed by atoms with Gasteiger partial charge in [0.2, 0.25) is 0 Å². The van der Waals surface area contributed by atoms with Crippen molar-refractivity contribution in [3.05, 3.63) is 35.9 Å². The van der Waals surface area contributed by atoms with E-state index in [2.05, 4.69) is 11.8 Å². The van der Waals surface area contributed by atoms with Crippen LogP contribution >= 0.6 is 0 Å². The third-order valence-electron chi connectivity index (χ3n) is 5.41. The molecule has 3 rings (SSSR count). The zero-order valence-electron chi connectivity index (χ0n) is 12.5. The van der Waals surface area contributed by atoms with Crippen LogP contribution in [-0.4, -0.2) is 28.6 Å². The maximum Gasteiger partial charge on any atom is 0.0942 e. The van der Waals surface area contributed by atoms with Crippen molar-refractivity contribution in [3.8, 4) is 0 Å². The summed E-state index contributed by atoms with van der Waals surface area (Å²) in [4.78, 5) is 2.60. The Bertz CT molecular complexity index is 417. The van der Waals surface area contributed by atoms with E-state index in [9.17, 15) is 5.11 Å². The molecule has 1 aliphatic carbocycles. The van der Waals surface area contributed by atoms with Crippen LogP contribution in [0.1, 0.15) is 57.1 Å². The summed E-state index contributed by atoms with van der Waals surface area (Å²) >= 11 is 0. The van der Waals surface area contributed by atoms with Gasteiger partial charge in [-0.2, -0.15) is 0 Å². The Morgan fingerprint density at radius 3 is 2.55 bits per heavy atom. The molecule has 1 N–H and O–H groups in total. The van der Waals surface area contributed by atoms with Crippen LogP contribution in [-0.2, 0) is 0 Å². The minimum Gasteiger partial charge on any atom is -0.387 e. The van der Waals surface area contributed by atoms with Gasteiger partial charge < -0.3 is 5.11 Å². The van der Waals surface area contributed by atoms with Gasteiger partial charge in [-0.3, -0.25) is 4.90 Å². The molecule has 0 aromatic heterocycles. The summed E-state index contributed by atoms with van der Waals surface area (Å²) in [6.45, 7) is 3.36. The smallest absolute Gasteiger partial charge is 0.0942 e. The minimum absolute atomic E-state index is 0.225. The number of fused-ring (bicyclic) bond motifs is 1. The fourth-order valence-electron chi connectivity index (χ4n) is 4.28. The Hall–Kier alpha value is -0.860. The second-order valence-electron chi connectivity index (χ2n) is 6.59. The molecular weight excluding hydrogens is 246 g/mol. The molecule has 2 fully saturated rings. The summed E-state index contributed by atoms with van der Waals surface area (Å²) < 4.78 is 0. The van der Waals surface area contributed by atoms with Gasteiger partial charge in [0.25, 0.3) is 0 Å². The average molecular weight is 273 g/mol. The molecule has 0 bridgehead atoms. The monoisotopic (exact) mass is 273 g/mol. The number of nitrogens with zero attached hydrogens (tertiary/aromatic N) is 1. The highest BCUT2D eigenvalue weighted by atomic mass is 16.3. The SMILES string of the molecule is CC(C(O)c1ccccc1)N1CCCC2CCCCC21. The van der Waals surface area contributed by atoms with Crippen molar-refractivity contribution in [1.82, 2.24) is 4.90 Å². The molecule has 2 heteroatoms. The lowest BCUT2D eigenvalue weighted by Crippen LogP contribution is -2.52. The quantitative estimate of drug-likeness (QED) is 0.906. The van der Waals surface area contributed by atoms with Crippen LogP contribution in [0, 0.1) is 5.92 Å². The molecule has 2 nitrogen and oxygen atoms in total. The molecule has 0 radical (unpaired) electrons. The van der Waals surface area contributed by atoms with E-state index in [1.165, 1.54) is 38.5 Å². The van der Waals surface area contributed by atoms with Crippen LogP contribution in [0.5, 0.6) is 0 Å². The van der Waals surface area contributed by atoms with Crippen LogP contribution in [0.15, 0.2) is 30.3 Å². The summed E-state index contributed by atoms with van der Waals surface area (Å²) in [5, 5.41) is 10.7. The van der Waals surface area contributed by atoms with Gasteiger partial charge >= 0.3 is 0 Å². The number of likely N-dealkylation sites (tertiary alicyclic amines) is 1. The van der Waals surface area contributed by atoms with E-state index in [4.69, 9.17) is 0 Å². The maximum absolute atomic E-state index is 10.7. The number of hydrogen-bond donors (Lipinski definition) is 1. The highest BCUT2D eigenvalue weighted by Crippen LogP contribution is 2.38. The standard InChI is InChI=1S/C18H27NO/c1-14(18(20)16-9-3-2-4-10-16)19-13-7-11-15-8-5-6-12-17(15)19/h2-4,9-10,14-15,17-18,20H,5-8,11-13H2,1H3. The van der Waals surface area contributed by atoms with Crippen LogP contribution < -0.4 is 0 Å². The van der Waals surface area contributed by atoms with Crippen molar-refractivity contribution < 1.29 is 5.11 Å². The molecule has 1 heterocycles. The lowest BCUT2D eigenvalue weighted by atomic mass is 9.77. The van der Waals surface area contributed by atoms with Gasteiger partial charge in [0.1, 0.15) is 0 Å². The predicted octanol–water partition coefficient (Wildman–Crippen LogP) is 3.76. The third kappa shape index (κ3) is 2.77. The third-order valence-corrected chi connectivity index (χ3v) is 5.41. The molecular formula is C18H27NO. The Labute approximate surface area is 122 Å². The summed E-state index contributed by atoms with van der Waals surface area (Å²) in [5.41, 5.74) is 1.05. The first-order chi connectivity index (χ1) is 9.77. The van der Waals surface area contributed by atoms with Crippen molar-refractivity contribution in [2.24, 2.45) is 5.92 Å². The lowest BCUT2D eigenvalue weighted by molar-refractivity contribution is -0.0208. The van der Waals surface area contributed by atoms with Gasteiger partial charge in [0.05, 0.1) is 6.10 Å². The normalized spacial score (nSPS) is 30.5. The summed E-state index contributed by atoms with van der Waals surface area (Å²) in [6.07, 6.45) is 7.84. The Morgan fingerprint density at radius 1 is 1.05 bits per heavy atom. The first-order valence-electron chi connectivity index (χ1n) is 8.26. The topological polar surface area (TPSA) is 23.5 Å². The zero-order valence-corrected chi connectivity index (χ0v) is 12.5. The fourth-order valence-corrected chi connectivity index (χ4v) is 4.28. The molecule has 0 spiro atoms. The van der Waals surface area contributed by atoms with E-state index in [0.29, 0.717) is 6.04 Å². The highest BCUT2D eigenvalue weighted by Gasteiger charge is 2.37. The van der Waals surface area contributed by atoms with Gasteiger partial charge in [0, 0.05) is 12.1 Å². The summed E-state index contributed by atoms with van der Waals surface area (Å²) in [6, 6.07) is 11.1. The number of benzene rings is 1. The molecule has 1 saturated carbocycles. The number of rotatable bonds is 3. The van der Waals surface area contributed by atoms with Crippen LogP contribution in [0.2, 0.25) is 0 Å². The Morgan fingerprint density at radius 2 is 1.75 bits per heavy atom. The van der Waals surface area contributed by atoms with E-state index in [-0.39, 0.29) is 12.1 Å². The van der Waals surface area contributed by atoms with Gasteiger partial charge in [-0.1, -0.05) is 43.2 Å². The first kappa shape index (κ1) is 14.1. The molecule has 20 heavy (non-hydrogen) atoms. The molecule has 4 unspecified atom stereocenters. The van der Waals surface area contributed by atoms with E-state index < -0.39 is 0 Å². The number of hydrogen-bond acceptors (Lipinski definition) is 2. The van der Waals surface area contributed by atoms with E-state index >= 15 is 0 Å². The van der Waals surface area contributed by atoms with Gasteiger partial charge in [-0.15, -0.1) is 0 Å². The second kappa shape index (κ2) is 6.28. The molecule has 1 saturated heterocycles. The highest BCUT2D eigenvalue weighted by molar-refractivity contribution is 5.18. The largest absolute Gasteiger partial charge is 0.387 e. The Balaban J connectivity index is 1.73. The van der Waals surface area contributed by atoms with Crippen molar-refractivity contribution in [2.45, 2.75) is 63.6 Å². The van der Waals surface area contributed by atoms with E-state index in [0.717, 1.165) is 18.0 Å². The van der Waals surface area contributed by atoms with Crippen molar-refractivity contribution in [1.29, 1.82) is 0 Å². The predicted molar refractivity (Wildman–Crippen MR) is 82.5 cm³/mol. The number of aliphatic hydroxyl groups excluding tert-OH is 1. The average Bonchev–Trinajstić information content (AvgIpc) is 2.54. The van der Waals surface area contributed by atoms with Crippen LogP contribution in [0.3, 0.4) is 0 Å². The first-order valence-corrected chi connectivity index (χ1v) is 8.26. The fraction of sp³-hybridized carbons (Fsp3) is 0.667. The second-order valence-corrected chi connectivity index (χ2v) is 6.59. The van der Waals surface area contributed by atoms with Gasteiger partial charge in [0.15, 0.2) is 0 Å². The maximum atomic E-state index is 10.7. The summed E-state index contributed by atoms with van der Waals surface area (Å²) in [5.74, 6) is 0.878.